The average Bonchev–Trinajstić information content (AvgIpc) is 3.02. The third-order valence-corrected chi connectivity index (χ3v) is 36.2. The molecule has 0 aromatic rings. The molecule has 0 spiro atoms. The Hall–Kier alpha value is 0.627. The number of halogens is 2. The number of hydrogen-bond acceptors (Lipinski definition) is 0. The molecule has 26 heavy (non-hydrogen) atoms. The molecule has 0 bridgehead atoms. The molecule has 146 valence electrons. The topological polar surface area (TPSA) is 0 Å². The van der Waals surface area contributed by atoms with Crippen LogP contribution < -0.4 is 0 Å². The van der Waals surface area contributed by atoms with Crippen molar-refractivity contribution in [3.63, 3.8) is 0 Å². The van der Waals surface area contributed by atoms with Crippen molar-refractivity contribution in [2.75, 3.05) is 0 Å². The molecule has 0 aliphatic heterocycles. The Morgan fingerprint density at radius 2 is 1.19 bits per heavy atom. The van der Waals surface area contributed by atoms with Gasteiger partial charge in [-0.1, -0.05) is 0 Å². The zero-order valence-electron chi connectivity index (χ0n) is 16.8. The van der Waals surface area contributed by atoms with Gasteiger partial charge in [-0.05, 0) is 0 Å². The number of fused-ring (bicyclic) bond motifs is 2. The third-order valence-electron chi connectivity index (χ3n) is 7.85. The van der Waals surface area contributed by atoms with Crippen LogP contribution in [0.25, 0.3) is 0 Å². The molecule has 0 N–H and O–H groups in total. The molecule has 0 radical (unpaired) electrons. The van der Waals surface area contributed by atoms with Crippen molar-refractivity contribution in [1.82, 2.24) is 0 Å². The predicted molar refractivity (Wildman–Crippen MR) is 120 cm³/mol. The van der Waals surface area contributed by atoms with Gasteiger partial charge in [0.1, 0.15) is 0 Å². The first-order chi connectivity index (χ1) is 11.3. The van der Waals surface area contributed by atoms with Gasteiger partial charge in [0.2, 0.25) is 0 Å². The molecular formula is C22H36Cl2HfSi. The van der Waals surface area contributed by atoms with E-state index in [0.717, 1.165) is 31.0 Å². The van der Waals surface area contributed by atoms with E-state index in [-0.39, 0.29) is 24.8 Å². The van der Waals surface area contributed by atoms with Crippen LogP contribution in [-0.2, 0) is 17.1 Å². The molecule has 2 saturated carbocycles. The van der Waals surface area contributed by atoms with Gasteiger partial charge >= 0.3 is 152 Å². The van der Waals surface area contributed by atoms with E-state index in [2.05, 4.69) is 66.6 Å². The van der Waals surface area contributed by atoms with Crippen molar-refractivity contribution >= 4 is 31.8 Å². The van der Waals surface area contributed by atoms with Crippen molar-refractivity contribution in [3.8, 4) is 0 Å². The molecule has 0 nitrogen and oxygen atoms in total. The molecule has 4 aliphatic rings. The van der Waals surface area contributed by atoms with Crippen molar-refractivity contribution in [2.24, 2.45) is 23.7 Å². The molecule has 0 heterocycles. The summed E-state index contributed by atoms with van der Waals surface area (Å²) in [6.45, 7) is 7.71. The maximum Gasteiger partial charge on any atom is -0.147 e. The summed E-state index contributed by atoms with van der Waals surface area (Å²) in [5.74, 6) is 3.52. The molecule has 4 heteroatoms. The van der Waals surface area contributed by atoms with Crippen LogP contribution in [0.1, 0.15) is 39.5 Å². The van der Waals surface area contributed by atoms with E-state index < -0.39 is 17.1 Å². The zero-order valence-corrected chi connectivity index (χ0v) is 23.4. The van der Waals surface area contributed by atoms with E-state index in [1.165, 1.54) is 25.7 Å². The quantitative estimate of drug-likeness (QED) is 0.316. The minimum absolute atomic E-state index is 0. The van der Waals surface area contributed by atoms with Crippen molar-refractivity contribution in [2.45, 2.75) is 56.2 Å². The summed E-state index contributed by atoms with van der Waals surface area (Å²) in [7, 11) is 0. The van der Waals surface area contributed by atoms with Crippen LogP contribution in [0.5, 0.6) is 0 Å². The maximum atomic E-state index is 2.83. The summed E-state index contributed by atoms with van der Waals surface area (Å²) in [5.41, 5.74) is 3.73. The first-order valence-electron chi connectivity index (χ1n) is 10.1. The Bertz CT molecular complexity index is 683. The van der Waals surface area contributed by atoms with Crippen molar-refractivity contribution in [3.05, 3.63) is 47.6 Å². The molecule has 0 aromatic carbocycles. The smallest absolute Gasteiger partial charge is 0.147 e. The fraction of sp³-hybridized carbons (Fsp3) is 0.636. The van der Waals surface area contributed by atoms with Crippen LogP contribution in [0.3, 0.4) is 0 Å². The second-order valence-electron chi connectivity index (χ2n) is 10.4. The summed E-state index contributed by atoms with van der Waals surface area (Å²) in [6.07, 6.45) is 20.1. The van der Waals surface area contributed by atoms with Crippen LogP contribution in [0, 0.1) is 23.7 Å². The SMILES string of the molecule is CC1CC2CC=CC=C2[CH]1[Hf]([CH3])([CH3])(=[SiH2])[CH]1C2=CC=CCC2CC1C.Cl.Cl. The summed E-state index contributed by atoms with van der Waals surface area (Å²) in [5, 5.41) is 0. The zero-order chi connectivity index (χ0) is 17.1. The standard InChI is InChI=1S/2C10H13.2CH3.2ClH.Hf.H2Si/c2*1-8-6-9-4-2-3-5-10(9)7-8;;;;;;/h2*2-4,6,8,10H,5,7H2,1H3;2*1H3;2*1H;;1H2. The Balaban J connectivity index is 0.00000121. The van der Waals surface area contributed by atoms with Crippen LogP contribution in [-0.4, -0.2) is 6.94 Å². The normalized spacial score (nSPS) is 38.5. The molecule has 4 rings (SSSR count). The Morgan fingerprint density at radius 3 is 1.58 bits per heavy atom. The Kier molecular flexibility index (Phi) is 6.88. The van der Waals surface area contributed by atoms with Gasteiger partial charge in [-0.25, -0.2) is 0 Å². The third kappa shape index (κ3) is 3.51. The molecule has 2 fully saturated rings. The van der Waals surface area contributed by atoms with Gasteiger partial charge in [0.25, 0.3) is 0 Å². The Morgan fingerprint density at radius 1 is 0.808 bits per heavy atom. The Labute approximate surface area is 175 Å². The van der Waals surface area contributed by atoms with Gasteiger partial charge in [0.15, 0.2) is 0 Å². The fourth-order valence-electron chi connectivity index (χ4n) is 7.55. The van der Waals surface area contributed by atoms with Crippen LogP contribution >= 0.6 is 24.8 Å². The average molecular weight is 578 g/mol. The molecule has 0 amide bonds. The van der Waals surface area contributed by atoms with E-state index in [9.17, 15) is 0 Å². The van der Waals surface area contributed by atoms with Crippen molar-refractivity contribution < 1.29 is 17.1 Å². The van der Waals surface area contributed by atoms with E-state index in [1.807, 2.05) is 11.1 Å². The molecule has 4 aliphatic carbocycles. The van der Waals surface area contributed by atoms with Gasteiger partial charge < -0.3 is 0 Å². The summed E-state index contributed by atoms with van der Waals surface area (Å²) in [4.78, 5) is 0. The van der Waals surface area contributed by atoms with Gasteiger partial charge in [-0.2, -0.15) is 0 Å². The number of rotatable bonds is 2. The minimum Gasteiger partial charge on any atom is -0.147 e. The second kappa shape index (κ2) is 7.80. The maximum absolute atomic E-state index is 3.07. The molecule has 6 atom stereocenters. The number of hydrogen-bond donors (Lipinski definition) is 0. The molecule has 0 aromatic heterocycles. The van der Waals surface area contributed by atoms with E-state index in [4.69, 9.17) is 0 Å². The second-order valence-corrected chi connectivity index (χ2v) is 54.2. The predicted octanol–water partition coefficient (Wildman–Crippen LogP) is 6.83. The van der Waals surface area contributed by atoms with Crippen molar-refractivity contribution in [1.29, 1.82) is 0 Å². The van der Waals surface area contributed by atoms with E-state index in [0.29, 0.717) is 0 Å². The monoisotopic (exact) mass is 578 g/mol. The van der Waals surface area contributed by atoms with E-state index in [1.54, 1.807) is 0 Å². The first kappa shape index (κ1) is 22.9. The summed E-state index contributed by atoms with van der Waals surface area (Å²) < 4.78 is 7.55. The molecule has 6 unspecified atom stereocenters. The minimum atomic E-state index is -3.07. The van der Waals surface area contributed by atoms with Gasteiger partial charge in [-0.3, -0.25) is 0 Å². The molecule has 0 saturated heterocycles. The van der Waals surface area contributed by atoms with Crippen LogP contribution in [0.4, 0.5) is 0 Å². The number of allylic oxidation sites excluding steroid dienone is 8. The van der Waals surface area contributed by atoms with E-state index >= 15 is 0 Å². The summed E-state index contributed by atoms with van der Waals surface area (Å²) >= 11 is -3.07. The van der Waals surface area contributed by atoms with Gasteiger partial charge in [0, 0.05) is 0 Å². The van der Waals surface area contributed by atoms with Crippen LogP contribution in [0.2, 0.25) is 16.7 Å². The fourth-order valence-corrected chi connectivity index (χ4v) is 44.0. The van der Waals surface area contributed by atoms with Crippen LogP contribution in [0.15, 0.2) is 47.6 Å². The largest absolute Gasteiger partial charge is 0.147 e. The van der Waals surface area contributed by atoms with Gasteiger partial charge in [0.05, 0.1) is 0 Å². The molecular weight excluding hydrogens is 542 g/mol. The first-order valence-corrected chi connectivity index (χ1v) is 29.7. The van der Waals surface area contributed by atoms with Gasteiger partial charge in [-0.15, -0.1) is 24.8 Å². The summed E-state index contributed by atoms with van der Waals surface area (Å²) in [6, 6.07) is 0.